The monoisotopic (exact) mass is 918 g/mol. The van der Waals surface area contributed by atoms with Crippen LogP contribution in [0.3, 0.4) is 0 Å². The van der Waals surface area contributed by atoms with Gasteiger partial charge in [0.05, 0.1) is 49.9 Å². The van der Waals surface area contributed by atoms with E-state index in [1.54, 1.807) is 41.5 Å². The average molecular weight is 919 g/mol. The van der Waals surface area contributed by atoms with E-state index in [2.05, 4.69) is 23.5 Å². The first-order chi connectivity index (χ1) is 23.7. The number of hydrogen-bond donors (Lipinski definition) is 0. The lowest BCUT2D eigenvalue weighted by molar-refractivity contribution is -0.193. The fourth-order valence-electron chi connectivity index (χ4n) is 3.61. The highest BCUT2D eigenvalue weighted by atomic mass is 127. The molecule has 1 aliphatic rings. The van der Waals surface area contributed by atoms with Crippen molar-refractivity contribution in [1.29, 1.82) is 0 Å². The highest BCUT2D eigenvalue weighted by Gasteiger charge is 2.63. The molecule has 0 aromatic carbocycles. The number of hydrogen-bond acceptors (Lipinski definition) is 12. The Morgan fingerprint density at radius 3 is 1.38 bits per heavy atom. The maximum Gasteiger partial charge on any atom is 0.373 e. The summed E-state index contributed by atoms with van der Waals surface area (Å²) in [5, 5.41) is 0. The number of alkyl halides is 6. The zero-order chi connectivity index (χ0) is 41.8. The van der Waals surface area contributed by atoms with E-state index in [9.17, 15) is 40.7 Å². The van der Waals surface area contributed by atoms with Crippen LogP contribution in [0.1, 0.15) is 74.1 Å². The Kier molecular flexibility index (Phi) is 57.8. The van der Waals surface area contributed by atoms with Gasteiger partial charge in [0.2, 0.25) is 12.9 Å². The Morgan fingerprint density at radius 1 is 0.774 bits per heavy atom. The second-order valence-corrected chi connectivity index (χ2v) is 12.4. The first-order valence-corrected chi connectivity index (χ1v) is 17.7. The topological polar surface area (TPSA) is 213 Å². The Hall–Kier alpha value is -3.09. The van der Waals surface area contributed by atoms with Gasteiger partial charge in [0.1, 0.15) is 0 Å². The smallest absolute Gasteiger partial charge is 0.373 e. The Labute approximate surface area is 326 Å². The second kappa shape index (κ2) is 45.1. The third kappa shape index (κ3) is 39.9. The number of esters is 3. The van der Waals surface area contributed by atoms with Crippen LogP contribution in [-0.2, 0) is 68.3 Å². The van der Waals surface area contributed by atoms with Crippen molar-refractivity contribution in [3.05, 3.63) is 11.6 Å². The van der Waals surface area contributed by atoms with Crippen LogP contribution < -0.4 is 24.0 Å². The Balaban J connectivity index is -0.0000000806. The van der Waals surface area contributed by atoms with Crippen LogP contribution in [0, 0.1) is 23.2 Å². The standard InChI is InChI=1S/C9H14F2O2.C9H16F2O2.C8H12F2O2.C3H9S.3CO2.HI.H2O/c1-3-9(8(12)13-4-2)5-6(9)7(10)11;1-4-7(6(3)8(10)11)9(12)13-5-2;1-3-6(5-7(9)10)8(11)12-4-2;1-4(2)3;3*2-1-3;;/h6-7H,3-5H2,1-2H3;6-8H,4-5H2,1-3H3;5,7H,3-4H2,1-2H3;1-3H3;;;;1H;1H2/q;;;+1;;;;;/p-1/b;;6-5-;;;;;;. The summed E-state index contributed by atoms with van der Waals surface area (Å²) in [7, 11) is 0.639. The molecule has 0 spiro atoms. The van der Waals surface area contributed by atoms with Gasteiger partial charge in [-0.15, -0.1) is 0 Å². The number of carbonyl (C=O) groups excluding carboxylic acids is 9. The highest BCUT2D eigenvalue weighted by molar-refractivity contribution is 7.94. The molecule has 1 saturated carbocycles. The van der Waals surface area contributed by atoms with E-state index in [1.165, 1.54) is 6.92 Å². The van der Waals surface area contributed by atoms with Crippen LogP contribution in [0.4, 0.5) is 26.3 Å². The Bertz CT molecular complexity index is 1010. The van der Waals surface area contributed by atoms with Crippen molar-refractivity contribution in [2.75, 3.05) is 38.6 Å². The number of allylic oxidation sites excluding steroid dienone is 1. The molecule has 1 aliphatic carbocycles. The van der Waals surface area contributed by atoms with Crippen LogP contribution in [0.15, 0.2) is 11.6 Å². The molecule has 0 aliphatic heterocycles. The summed E-state index contributed by atoms with van der Waals surface area (Å²) in [6.45, 7) is 12.1. The predicted octanol–water partition coefficient (Wildman–Crippen LogP) is 1.78. The van der Waals surface area contributed by atoms with E-state index < -0.39 is 60.4 Å². The third-order valence-corrected chi connectivity index (χ3v) is 6.06. The van der Waals surface area contributed by atoms with Gasteiger partial charge in [-0.05, 0) is 63.4 Å². The molecule has 0 aromatic rings. The van der Waals surface area contributed by atoms with E-state index >= 15 is 0 Å². The molecule has 314 valence electrons. The molecule has 0 saturated heterocycles. The molecule has 0 bridgehead atoms. The summed E-state index contributed by atoms with van der Waals surface area (Å²) in [4.78, 5) is 82.1. The van der Waals surface area contributed by atoms with Crippen molar-refractivity contribution in [1.82, 2.24) is 0 Å². The number of carbonyl (C=O) groups is 3. The molecule has 0 heterocycles. The maximum absolute atomic E-state index is 12.3. The summed E-state index contributed by atoms with van der Waals surface area (Å²) >= 11 is 0. The molecule has 4 atom stereocenters. The van der Waals surface area contributed by atoms with Crippen LogP contribution in [0.5, 0.6) is 0 Å². The van der Waals surface area contributed by atoms with Crippen molar-refractivity contribution >= 4 is 47.3 Å². The van der Waals surface area contributed by atoms with Gasteiger partial charge in [-0.1, -0.05) is 27.7 Å². The summed E-state index contributed by atoms with van der Waals surface area (Å²) in [5.41, 5.74) is -0.837. The van der Waals surface area contributed by atoms with E-state index in [-0.39, 0.29) is 86.1 Å². The zero-order valence-electron chi connectivity index (χ0n) is 31.4. The molecule has 0 amide bonds. The van der Waals surface area contributed by atoms with Crippen molar-refractivity contribution in [3.63, 3.8) is 0 Å². The van der Waals surface area contributed by atoms with Gasteiger partial charge in [0.15, 0.2) is 0 Å². The van der Waals surface area contributed by atoms with Crippen LogP contribution in [-0.4, -0.2) is 99.7 Å². The maximum atomic E-state index is 12.3. The average Bonchev–Trinajstić information content (AvgIpc) is 3.79. The molecule has 53 heavy (non-hydrogen) atoms. The minimum absolute atomic E-state index is 0. The minimum Gasteiger partial charge on any atom is -1.00 e. The zero-order valence-corrected chi connectivity index (χ0v) is 34.4. The van der Waals surface area contributed by atoms with Crippen LogP contribution >= 0.6 is 0 Å². The third-order valence-electron chi connectivity index (χ3n) is 6.06. The van der Waals surface area contributed by atoms with E-state index in [1.807, 2.05) is 0 Å². The van der Waals surface area contributed by atoms with Crippen LogP contribution in [0.25, 0.3) is 0 Å². The molecule has 4 unspecified atom stereocenters. The fourth-order valence-corrected chi connectivity index (χ4v) is 3.61. The van der Waals surface area contributed by atoms with Crippen molar-refractivity contribution in [2.24, 2.45) is 23.2 Å². The molecule has 0 aromatic heterocycles. The molecule has 13 nitrogen and oxygen atoms in total. The lowest BCUT2D eigenvalue weighted by atomic mass is 9.92. The van der Waals surface area contributed by atoms with E-state index in [4.69, 9.17) is 38.2 Å². The van der Waals surface area contributed by atoms with Gasteiger partial charge < -0.3 is 43.7 Å². The molecule has 2 N–H and O–H groups in total. The first kappa shape index (κ1) is 68.0. The van der Waals surface area contributed by atoms with Gasteiger partial charge in [-0.3, -0.25) is 9.59 Å². The summed E-state index contributed by atoms with van der Waals surface area (Å²) in [5.74, 6) is -4.01. The van der Waals surface area contributed by atoms with E-state index in [0.717, 1.165) is 0 Å². The number of ether oxygens (including phenoxy) is 3. The lowest BCUT2D eigenvalue weighted by Gasteiger charge is -2.19. The van der Waals surface area contributed by atoms with Gasteiger partial charge in [0, 0.05) is 17.4 Å². The Morgan fingerprint density at radius 2 is 1.15 bits per heavy atom. The normalized spacial score (nSPS) is 15.5. The van der Waals surface area contributed by atoms with Crippen molar-refractivity contribution in [2.45, 2.75) is 93.4 Å². The molecule has 21 heteroatoms. The van der Waals surface area contributed by atoms with Crippen molar-refractivity contribution in [3.8, 4) is 0 Å². The quantitative estimate of drug-likeness (QED) is 0.0647. The van der Waals surface area contributed by atoms with E-state index in [0.29, 0.717) is 29.8 Å². The first-order valence-electron chi connectivity index (χ1n) is 15.2. The summed E-state index contributed by atoms with van der Waals surface area (Å²) in [6, 6.07) is 0. The SMILES string of the molecule is CCOC(=O)/C(=C\C(F)F)CC.CCOC(=O)C(CC)C(C)C(F)F.CCOC(=O)C1(CC)CC1C(F)F.C[S+](C)C.O.O=C=O.O=C=O.O=C=O.[I-]. The van der Waals surface area contributed by atoms with Crippen LogP contribution in [0.2, 0.25) is 0 Å². The molecule has 1 fully saturated rings. The second-order valence-electron chi connectivity index (χ2n) is 9.91. The largest absolute Gasteiger partial charge is 1.00 e. The summed E-state index contributed by atoms with van der Waals surface area (Å²) < 4.78 is 86.7. The molecular formula is C32H53F6IO13S. The van der Waals surface area contributed by atoms with Gasteiger partial charge in [0.25, 0.3) is 6.43 Å². The predicted molar refractivity (Wildman–Crippen MR) is 174 cm³/mol. The molecule has 1 rings (SSSR count). The number of rotatable bonds is 13. The number of halogens is 7. The minimum atomic E-state index is -2.59. The molecular weight excluding hydrogens is 865 g/mol. The van der Waals surface area contributed by atoms with Crippen molar-refractivity contribution < 1.29 is 113 Å². The van der Waals surface area contributed by atoms with Gasteiger partial charge in [-0.2, -0.15) is 28.8 Å². The lowest BCUT2D eigenvalue weighted by Crippen LogP contribution is -3.00. The van der Waals surface area contributed by atoms with Gasteiger partial charge in [-0.25, -0.2) is 31.1 Å². The fraction of sp³-hybridized carbons (Fsp3) is 0.750. The van der Waals surface area contributed by atoms with Gasteiger partial charge >= 0.3 is 36.4 Å². The highest BCUT2D eigenvalue weighted by Crippen LogP contribution is 2.58. The summed E-state index contributed by atoms with van der Waals surface area (Å²) in [6.07, 6.45) is 1.88. The molecule has 0 radical (unpaired) electrons.